The molecule has 0 bridgehead atoms. The largest absolute Gasteiger partial charge is 0.390 e. The van der Waals surface area contributed by atoms with E-state index in [4.69, 9.17) is 11.6 Å². The van der Waals surface area contributed by atoms with E-state index in [2.05, 4.69) is 22.9 Å². The van der Waals surface area contributed by atoms with Crippen molar-refractivity contribution in [2.45, 2.75) is 57.7 Å². The summed E-state index contributed by atoms with van der Waals surface area (Å²) in [6.45, 7) is 5.67. The second-order valence-corrected chi connectivity index (χ2v) is 10.6. The van der Waals surface area contributed by atoms with Gasteiger partial charge in [-0.25, -0.2) is 0 Å². The third-order valence-electron chi connectivity index (χ3n) is 7.26. The lowest BCUT2D eigenvalue weighted by Crippen LogP contribution is -2.49. The molecule has 2 amide bonds. The minimum absolute atomic E-state index is 0.0128. The summed E-state index contributed by atoms with van der Waals surface area (Å²) >= 11 is 6.21. The number of hydrogen-bond donors (Lipinski definition) is 4. The van der Waals surface area contributed by atoms with Crippen molar-refractivity contribution >= 4 is 34.8 Å². The summed E-state index contributed by atoms with van der Waals surface area (Å²) in [6.07, 6.45) is 1.75. The molecule has 7 nitrogen and oxygen atoms in total. The van der Waals surface area contributed by atoms with Gasteiger partial charge in [-0.2, -0.15) is 0 Å². The normalized spacial score (nSPS) is 15.5. The van der Waals surface area contributed by atoms with Gasteiger partial charge >= 0.3 is 0 Å². The first-order chi connectivity index (χ1) is 19.4. The SMILES string of the molecule is CCNc1cc(C(=O)NC(Cc2ccccc2)C(O)CNC(CC)c2cccc(Cl)c2)cc(N2CCCC2=O)c1. The number of anilines is 2. The third-order valence-corrected chi connectivity index (χ3v) is 7.49. The number of nitrogens with one attached hydrogen (secondary N) is 3. The molecule has 0 aromatic heterocycles. The second kappa shape index (κ2) is 14.3. The zero-order valence-electron chi connectivity index (χ0n) is 23.2. The summed E-state index contributed by atoms with van der Waals surface area (Å²) in [5, 5.41) is 21.8. The molecule has 8 heteroatoms. The van der Waals surface area contributed by atoms with E-state index in [1.165, 1.54) is 0 Å². The minimum atomic E-state index is -0.853. The standard InChI is InChI=1S/C32H39ClN4O3/c1-3-28(23-12-8-13-25(33)17-23)35-21-30(38)29(16-22-10-6-5-7-11-22)36-32(40)24-18-26(34-4-2)20-27(19-24)37-15-9-14-31(37)39/h5-8,10-13,17-20,28-30,34-35,38H,3-4,9,14-16,21H2,1-2H3,(H,36,40). The highest BCUT2D eigenvalue weighted by atomic mass is 35.5. The molecule has 0 aliphatic carbocycles. The summed E-state index contributed by atoms with van der Waals surface area (Å²) in [5.41, 5.74) is 3.99. The molecule has 1 heterocycles. The number of carbonyl (C=O) groups is 2. The molecule has 1 aliphatic rings. The number of benzene rings is 3. The van der Waals surface area contributed by atoms with Crippen LogP contribution in [0.1, 0.15) is 60.6 Å². The number of amides is 2. The molecule has 4 N–H and O–H groups in total. The molecule has 3 aromatic rings. The van der Waals surface area contributed by atoms with Crippen LogP contribution in [0, 0.1) is 0 Å². The zero-order chi connectivity index (χ0) is 28.5. The molecule has 0 spiro atoms. The molecule has 4 rings (SSSR count). The van der Waals surface area contributed by atoms with Gasteiger partial charge in [-0.05, 0) is 67.6 Å². The molecule has 3 unspecified atom stereocenters. The monoisotopic (exact) mass is 562 g/mol. The fourth-order valence-corrected chi connectivity index (χ4v) is 5.35. The number of halogens is 1. The average molecular weight is 563 g/mol. The molecule has 0 radical (unpaired) electrons. The van der Waals surface area contributed by atoms with Crippen molar-refractivity contribution in [3.63, 3.8) is 0 Å². The highest BCUT2D eigenvalue weighted by Gasteiger charge is 2.26. The van der Waals surface area contributed by atoms with Crippen LogP contribution in [0.25, 0.3) is 0 Å². The van der Waals surface area contributed by atoms with E-state index >= 15 is 0 Å². The molecular weight excluding hydrogens is 524 g/mol. The van der Waals surface area contributed by atoms with Crippen molar-refractivity contribution in [2.75, 3.05) is 29.9 Å². The van der Waals surface area contributed by atoms with E-state index in [-0.39, 0.29) is 24.4 Å². The summed E-state index contributed by atoms with van der Waals surface area (Å²) in [4.78, 5) is 27.8. The first-order valence-electron chi connectivity index (χ1n) is 14.1. The Morgan fingerprint density at radius 1 is 1.05 bits per heavy atom. The molecule has 3 atom stereocenters. The summed E-state index contributed by atoms with van der Waals surface area (Å²) in [7, 11) is 0. The van der Waals surface area contributed by atoms with Crippen molar-refractivity contribution in [3.8, 4) is 0 Å². The van der Waals surface area contributed by atoms with E-state index in [1.54, 1.807) is 17.0 Å². The van der Waals surface area contributed by atoms with Crippen LogP contribution in [0.4, 0.5) is 11.4 Å². The quantitative estimate of drug-likeness (QED) is 0.226. The van der Waals surface area contributed by atoms with Gasteiger partial charge in [0, 0.05) is 54.1 Å². The number of carbonyl (C=O) groups excluding carboxylic acids is 2. The van der Waals surface area contributed by atoms with Crippen LogP contribution in [0.2, 0.25) is 5.02 Å². The minimum Gasteiger partial charge on any atom is -0.390 e. The van der Waals surface area contributed by atoms with Crippen molar-refractivity contribution in [1.29, 1.82) is 0 Å². The molecule has 3 aromatic carbocycles. The number of hydrogen-bond acceptors (Lipinski definition) is 5. The third kappa shape index (κ3) is 7.84. The lowest BCUT2D eigenvalue weighted by Gasteiger charge is -2.27. The predicted molar refractivity (Wildman–Crippen MR) is 162 cm³/mol. The molecule has 0 saturated carbocycles. The van der Waals surface area contributed by atoms with Crippen LogP contribution in [0.3, 0.4) is 0 Å². The summed E-state index contributed by atoms with van der Waals surface area (Å²) in [5.74, 6) is -0.233. The predicted octanol–water partition coefficient (Wildman–Crippen LogP) is 5.34. The molecular formula is C32H39ClN4O3. The molecule has 212 valence electrons. The number of nitrogens with zero attached hydrogens (tertiary/aromatic N) is 1. The molecule has 1 saturated heterocycles. The van der Waals surface area contributed by atoms with Gasteiger partial charge in [-0.1, -0.05) is 61.0 Å². The van der Waals surface area contributed by atoms with E-state index in [9.17, 15) is 14.7 Å². The lowest BCUT2D eigenvalue weighted by atomic mass is 9.99. The highest BCUT2D eigenvalue weighted by molar-refractivity contribution is 6.30. The highest BCUT2D eigenvalue weighted by Crippen LogP contribution is 2.27. The van der Waals surface area contributed by atoms with Crippen LogP contribution >= 0.6 is 11.6 Å². The van der Waals surface area contributed by atoms with Crippen molar-refractivity contribution < 1.29 is 14.7 Å². The Balaban J connectivity index is 1.54. The van der Waals surface area contributed by atoms with E-state index < -0.39 is 12.1 Å². The molecule has 1 aliphatic heterocycles. The number of aliphatic hydroxyl groups excluding tert-OH is 1. The number of aliphatic hydroxyl groups is 1. The van der Waals surface area contributed by atoms with Gasteiger partial charge < -0.3 is 26.0 Å². The fourth-order valence-electron chi connectivity index (χ4n) is 5.15. The van der Waals surface area contributed by atoms with Gasteiger partial charge in [0.25, 0.3) is 5.91 Å². The first-order valence-corrected chi connectivity index (χ1v) is 14.5. The van der Waals surface area contributed by atoms with Gasteiger partial charge in [0.05, 0.1) is 12.1 Å². The van der Waals surface area contributed by atoms with Crippen LogP contribution < -0.4 is 20.9 Å². The summed E-state index contributed by atoms with van der Waals surface area (Å²) in [6, 6.07) is 22.5. The molecule has 40 heavy (non-hydrogen) atoms. The van der Waals surface area contributed by atoms with Gasteiger partial charge in [0.15, 0.2) is 0 Å². The van der Waals surface area contributed by atoms with E-state index in [0.717, 1.165) is 29.7 Å². The van der Waals surface area contributed by atoms with Crippen molar-refractivity contribution in [1.82, 2.24) is 10.6 Å². The second-order valence-electron chi connectivity index (χ2n) is 10.2. The van der Waals surface area contributed by atoms with Gasteiger partial charge in [-0.3, -0.25) is 9.59 Å². The Labute approximate surface area is 241 Å². The summed E-state index contributed by atoms with van der Waals surface area (Å²) < 4.78 is 0. The van der Waals surface area contributed by atoms with E-state index in [1.807, 2.05) is 67.6 Å². The van der Waals surface area contributed by atoms with Gasteiger partial charge in [-0.15, -0.1) is 0 Å². The van der Waals surface area contributed by atoms with Crippen LogP contribution in [-0.2, 0) is 11.2 Å². The van der Waals surface area contributed by atoms with E-state index in [0.29, 0.717) is 42.2 Å². The zero-order valence-corrected chi connectivity index (χ0v) is 24.0. The topological polar surface area (TPSA) is 93.7 Å². The average Bonchev–Trinajstić information content (AvgIpc) is 3.39. The van der Waals surface area contributed by atoms with Crippen LogP contribution in [0.15, 0.2) is 72.8 Å². The van der Waals surface area contributed by atoms with Crippen LogP contribution in [-0.4, -0.2) is 48.7 Å². The Bertz CT molecular complexity index is 1290. The first kappa shape index (κ1) is 29.6. The van der Waals surface area contributed by atoms with Gasteiger partial charge in [0.1, 0.15) is 0 Å². The Hall–Kier alpha value is -3.39. The maximum atomic E-state index is 13.6. The fraction of sp³-hybridized carbons (Fsp3) is 0.375. The van der Waals surface area contributed by atoms with Crippen molar-refractivity contribution in [3.05, 3.63) is 94.5 Å². The van der Waals surface area contributed by atoms with Crippen molar-refractivity contribution in [2.24, 2.45) is 0 Å². The Morgan fingerprint density at radius 3 is 2.52 bits per heavy atom. The Kier molecular flexibility index (Phi) is 10.6. The maximum Gasteiger partial charge on any atom is 0.251 e. The number of rotatable bonds is 13. The van der Waals surface area contributed by atoms with Gasteiger partial charge in [0.2, 0.25) is 5.91 Å². The molecule has 1 fully saturated rings. The van der Waals surface area contributed by atoms with Crippen LogP contribution in [0.5, 0.6) is 0 Å². The lowest BCUT2D eigenvalue weighted by molar-refractivity contribution is -0.117. The maximum absolute atomic E-state index is 13.6. The Morgan fingerprint density at radius 2 is 1.85 bits per heavy atom. The smallest absolute Gasteiger partial charge is 0.251 e.